The second kappa shape index (κ2) is 12.3. The number of hydrogen-bond acceptors (Lipinski definition) is 3. The lowest BCUT2D eigenvalue weighted by molar-refractivity contribution is 0.461. The molecule has 206 valence electrons. The van der Waals surface area contributed by atoms with Crippen molar-refractivity contribution in [2.75, 3.05) is 7.11 Å². The Balaban J connectivity index is 1.55. The van der Waals surface area contributed by atoms with Crippen molar-refractivity contribution in [3.8, 4) is 11.5 Å². The first-order chi connectivity index (χ1) is 20.7. The molecule has 0 aliphatic rings. The Labute approximate surface area is 248 Å². The highest BCUT2D eigenvalue weighted by Crippen LogP contribution is 2.58. The van der Waals surface area contributed by atoms with Crippen molar-refractivity contribution in [2.45, 2.75) is 0 Å². The molecule has 0 unspecified atom stereocenters. The Morgan fingerprint density at radius 1 is 0.476 bits per heavy atom. The first kappa shape index (κ1) is 27.9. The van der Waals surface area contributed by atoms with Crippen LogP contribution in [0.3, 0.4) is 0 Å². The van der Waals surface area contributed by atoms with Crippen molar-refractivity contribution >= 4 is 46.5 Å². The zero-order valence-corrected chi connectivity index (χ0v) is 25.1. The fraction of sp³-hybridized carbons (Fsp3) is 0.0270. The third-order valence-electron chi connectivity index (χ3n) is 7.38. The number of para-hydroxylation sites is 2. The summed E-state index contributed by atoms with van der Waals surface area (Å²) in [5.74, 6) is 1.22. The van der Waals surface area contributed by atoms with Crippen LogP contribution in [0, 0.1) is 0 Å². The average Bonchev–Trinajstić information content (AvgIpc) is 3.08. The molecule has 6 rings (SSSR count). The summed E-state index contributed by atoms with van der Waals surface area (Å²) in [6.07, 6.45) is 0. The molecule has 6 aromatic carbocycles. The van der Waals surface area contributed by atoms with Crippen LogP contribution in [-0.2, 0) is 9.09 Å². The molecule has 0 saturated heterocycles. The van der Waals surface area contributed by atoms with E-state index in [1.807, 2.05) is 140 Å². The van der Waals surface area contributed by atoms with Gasteiger partial charge in [0, 0.05) is 10.6 Å². The Kier molecular flexibility index (Phi) is 8.17. The van der Waals surface area contributed by atoms with E-state index in [4.69, 9.17) is 9.26 Å². The van der Waals surface area contributed by atoms with Gasteiger partial charge in [0.25, 0.3) is 0 Å². The van der Waals surface area contributed by atoms with Gasteiger partial charge in [-0.1, -0.05) is 121 Å². The normalized spacial score (nSPS) is 11.6. The van der Waals surface area contributed by atoms with Gasteiger partial charge in [0.2, 0.25) is 7.49 Å². The van der Waals surface area contributed by atoms with Gasteiger partial charge in [-0.3, -0.25) is 0 Å². The summed E-state index contributed by atoms with van der Waals surface area (Å²) >= 11 is 0. The minimum absolute atomic E-state index is 0.552. The van der Waals surface area contributed by atoms with Gasteiger partial charge < -0.3 is 9.30 Å². The van der Waals surface area contributed by atoms with E-state index < -0.39 is 14.6 Å². The minimum atomic E-state index is -3.28. The van der Waals surface area contributed by atoms with Gasteiger partial charge in [-0.05, 0) is 48.5 Å². The summed E-state index contributed by atoms with van der Waals surface area (Å²) in [5, 5.41) is 5.29. The summed E-state index contributed by atoms with van der Waals surface area (Å²) in [4.78, 5) is 0. The van der Waals surface area contributed by atoms with Gasteiger partial charge in [-0.25, -0.2) is 4.52 Å². The third-order valence-corrected chi connectivity index (χ3v) is 14.1. The molecule has 0 amide bonds. The lowest BCUT2D eigenvalue weighted by Gasteiger charge is -2.26. The molecule has 0 aliphatic heterocycles. The maximum atomic E-state index is 15.3. The molecule has 0 heterocycles. The number of benzene rings is 6. The Morgan fingerprint density at radius 3 is 1.38 bits per heavy atom. The predicted molar refractivity (Wildman–Crippen MR) is 178 cm³/mol. The van der Waals surface area contributed by atoms with Crippen LogP contribution in [0.5, 0.6) is 11.5 Å². The first-order valence-electron chi connectivity index (χ1n) is 13.8. The maximum absolute atomic E-state index is 15.3. The maximum Gasteiger partial charge on any atom is 0.245 e. The quantitative estimate of drug-likeness (QED) is 0.172. The van der Waals surface area contributed by atoms with E-state index in [2.05, 4.69) is 30.3 Å². The van der Waals surface area contributed by atoms with E-state index >= 15 is 4.57 Å². The molecule has 0 spiro atoms. The molecule has 0 aromatic heterocycles. The monoisotopic (exact) mass is 585 g/mol. The Bertz CT molecular complexity index is 1730. The molecule has 0 bridgehead atoms. The molecular weight excluding hydrogens is 554 g/mol. The highest BCUT2D eigenvalue weighted by Gasteiger charge is 2.49. The molecule has 3 nitrogen and oxygen atoms in total. The topological polar surface area (TPSA) is 35.5 Å². The summed E-state index contributed by atoms with van der Waals surface area (Å²) < 4.78 is 28.8. The molecule has 0 radical (unpaired) electrons. The van der Waals surface area contributed by atoms with Crippen LogP contribution in [0.4, 0.5) is 0 Å². The van der Waals surface area contributed by atoms with E-state index in [0.717, 1.165) is 26.5 Å². The SMILES string of the molecule is CO[P+](c1ccccc1)(c1ccccc1)c1ccccc1Oc1ccccc1P(=O)(c1ccccc1)c1ccccc1. The molecule has 42 heavy (non-hydrogen) atoms. The van der Waals surface area contributed by atoms with Gasteiger partial charge >= 0.3 is 0 Å². The summed E-state index contributed by atoms with van der Waals surface area (Å²) in [7, 11) is -4.08. The van der Waals surface area contributed by atoms with Gasteiger partial charge in [0.05, 0.1) is 12.4 Å². The first-order valence-corrected chi connectivity index (χ1v) is 17.2. The van der Waals surface area contributed by atoms with Crippen LogP contribution < -0.4 is 36.6 Å². The van der Waals surface area contributed by atoms with E-state index in [1.165, 1.54) is 0 Å². The van der Waals surface area contributed by atoms with Crippen LogP contribution in [0.15, 0.2) is 170 Å². The van der Waals surface area contributed by atoms with Crippen LogP contribution in [0.2, 0.25) is 0 Å². The fourth-order valence-corrected chi connectivity index (χ4v) is 11.6. The second-order valence-corrected chi connectivity index (χ2v) is 15.6. The fourth-order valence-electron chi connectivity index (χ4n) is 5.44. The molecule has 0 saturated carbocycles. The lowest BCUT2D eigenvalue weighted by atomic mass is 10.3. The zero-order chi connectivity index (χ0) is 28.8. The zero-order valence-electron chi connectivity index (χ0n) is 23.3. The van der Waals surface area contributed by atoms with Crippen LogP contribution >= 0.6 is 14.6 Å². The van der Waals surface area contributed by atoms with Gasteiger partial charge in [-0.15, -0.1) is 0 Å². The van der Waals surface area contributed by atoms with Crippen molar-refractivity contribution in [3.05, 3.63) is 170 Å². The van der Waals surface area contributed by atoms with Crippen LogP contribution in [0.25, 0.3) is 0 Å². The minimum Gasteiger partial charge on any atom is -0.452 e. The summed E-state index contributed by atoms with van der Waals surface area (Å²) in [6.45, 7) is 0. The Hall–Kier alpha value is -4.26. The van der Waals surface area contributed by atoms with Crippen LogP contribution in [-0.4, -0.2) is 7.11 Å². The molecule has 5 heteroatoms. The van der Waals surface area contributed by atoms with E-state index in [1.54, 1.807) is 7.11 Å². The average molecular weight is 586 g/mol. The highest BCUT2D eigenvalue weighted by atomic mass is 31.2. The molecule has 0 fully saturated rings. The van der Waals surface area contributed by atoms with Crippen molar-refractivity contribution in [1.82, 2.24) is 0 Å². The standard InChI is InChI=1S/C37H31O3P2/c1-39-42(32-22-10-4-11-23-32,33-24-12-5-13-25-33)37-29-17-15-27-35(37)40-34-26-14-16-28-36(34)41(38,30-18-6-2-7-19-30)31-20-8-3-9-21-31/h2-29H,1H3/q+1. The number of ether oxygens (including phenoxy) is 1. The molecular formula is C37H31O3P2+. The molecule has 0 N–H and O–H groups in total. The van der Waals surface area contributed by atoms with Crippen molar-refractivity contribution in [3.63, 3.8) is 0 Å². The summed E-state index contributed by atoms with van der Waals surface area (Å²) in [6, 6.07) is 55.8. The van der Waals surface area contributed by atoms with Crippen molar-refractivity contribution in [1.29, 1.82) is 0 Å². The van der Waals surface area contributed by atoms with E-state index in [9.17, 15) is 0 Å². The van der Waals surface area contributed by atoms with Crippen LogP contribution in [0.1, 0.15) is 0 Å². The smallest absolute Gasteiger partial charge is 0.245 e. The second-order valence-electron chi connectivity index (χ2n) is 9.78. The van der Waals surface area contributed by atoms with E-state index in [-0.39, 0.29) is 0 Å². The number of hydrogen-bond donors (Lipinski definition) is 0. The molecule has 0 atom stereocenters. The van der Waals surface area contributed by atoms with Crippen molar-refractivity contribution in [2.24, 2.45) is 0 Å². The van der Waals surface area contributed by atoms with Crippen molar-refractivity contribution < 1.29 is 13.8 Å². The van der Waals surface area contributed by atoms with E-state index in [0.29, 0.717) is 16.8 Å². The highest BCUT2D eigenvalue weighted by molar-refractivity contribution is 7.92. The molecule has 0 aliphatic carbocycles. The molecule has 6 aromatic rings. The Morgan fingerprint density at radius 2 is 0.881 bits per heavy atom. The lowest BCUT2D eigenvalue weighted by Crippen LogP contribution is -2.33. The summed E-state index contributed by atoms with van der Waals surface area (Å²) in [5.41, 5.74) is 0. The third kappa shape index (κ3) is 5.02. The largest absolute Gasteiger partial charge is 0.452 e. The number of rotatable bonds is 9. The van der Waals surface area contributed by atoms with Gasteiger partial charge in [0.15, 0.2) is 18.2 Å². The predicted octanol–water partition coefficient (Wildman–Crippen LogP) is 6.97. The van der Waals surface area contributed by atoms with Gasteiger partial charge in [0.1, 0.15) is 16.4 Å². The van der Waals surface area contributed by atoms with Gasteiger partial charge in [-0.2, -0.15) is 0 Å².